The van der Waals surface area contributed by atoms with Crippen molar-refractivity contribution in [2.24, 2.45) is 0 Å². The van der Waals surface area contributed by atoms with Gasteiger partial charge >= 0.3 is 12.1 Å². The molecule has 32 heavy (non-hydrogen) atoms. The van der Waals surface area contributed by atoms with Crippen LogP contribution in [0.4, 0.5) is 4.79 Å². The van der Waals surface area contributed by atoms with Crippen molar-refractivity contribution in [1.29, 1.82) is 0 Å². The molecule has 0 bridgehead atoms. The van der Waals surface area contributed by atoms with Gasteiger partial charge in [-0.2, -0.15) is 0 Å². The Bertz CT molecular complexity index is 1040. The first-order valence-electron chi connectivity index (χ1n) is 10.5. The second-order valence-electron chi connectivity index (χ2n) is 8.83. The van der Waals surface area contributed by atoms with Crippen LogP contribution in [0.2, 0.25) is 0 Å². The Hall–Kier alpha value is -3.62. The molecule has 2 aromatic rings. The summed E-state index contributed by atoms with van der Waals surface area (Å²) >= 11 is 0. The summed E-state index contributed by atoms with van der Waals surface area (Å²) in [6.45, 7) is 6.45. The Morgan fingerprint density at radius 1 is 0.938 bits per heavy atom. The number of carbonyl (C=O) groups is 4. The molecule has 1 fully saturated rings. The summed E-state index contributed by atoms with van der Waals surface area (Å²) in [4.78, 5) is 56.9. The summed E-state index contributed by atoms with van der Waals surface area (Å²) in [6.07, 6.45) is 2.66. The fourth-order valence-electron chi connectivity index (χ4n) is 3.92. The molecule has 9 nitrogen and oxygen atoms in total. The largest absolute Gasteiger partial charge is 0.444 e. The zero-order valence-electron chi connectivity index (χ0n) is 18.2. The highest BCUT2D eigenvalue weighted by Crippen LogP contribution is 2.27. The molecule has 0 spiro atoms. The Kier molecular flexibility index (Phi) is 5.50. The van der Waals surface area contributed by atoms with Crippen LogP contribution in [0.1, 0.15) is 70.9 Å². The molecule has 0 radical (unpaired) electrons. The van der Waals surface area contributed by atoms with E-state index in [0.717, 1.165) is 0 Å². The number of benzene rings is 1. The Morgan fingerprint density at radius 2 is 1.53 bits per heavy atom. The molecule has 3 heterocycles. The highest BCUT2D eigenvalue weighted by atomic mass is 16.7. The van der Waals surface area contributed by atoms with E-state index < -0.39 is 23.4 Å². The fourth-order valence-corrected chi connectivity index (χ4v) is 3.92. The summed E-state index contributed by atoms with van der Waals surface area (Å²) in [5, 5.41) is 0.509. The third-order valence-electron chi connectivity index (χ3n) is 5.43. The van der Waals surface area contributed by atoms with E-state index in [1.54, 1.807) is 39.9 Å². The number of fused-ring (bicyclic) bond motifs is 1. The van der Waals surface area contributed by atoms with Crippen molar-refractivity contribution in [3.05, 3.63) is 59.4 Å². The van der Waals surface area contributed by atoms with Crippen molar-refractivity contribution in [2.75, 3.05) is 13.1 Å². The lowest BCUT2D eigenvalue weighted by Crippen LogP contribution is -2.42. The molecule has 0 saturated carbocycles. The second kappa shape index (κ2) is 8.14. The third-order valence-corrected chi connectivity index (χ3v) is 5.43. The monoisotopic (exact) mass is 439 g/mol. The topological polar surface area (TPSA) is 98.1 Å². The molecular formula is C23H25N3O6. The minimum Gasteiger partial charge on any atom is -0.444 e. The minimum absolute atomic E-state index is 0.0339. The second-order valence-corrected chi connectivity index (χ2v) is 8.83. The number of nitrogens with zero attached hydrogens (tertiary/aromatic N) is 3. The van der Waals surface area contributed by atoms with Gasteiger partial charge in [-0.15, -0.1) is 0 Å². The molecule has 4 rings (SSSR count). The minimum atomic E-state index is -0.793. The Balaban J connectivity index is 1.41. The van der Waals surface area contributed by atoms with Gasteiger partial charge < -0.3 is 19.0 Å². The average molecular weight is 439 g/mol. The summed E-state index contributed by atoms with van der Waals surface area (Å²) in [5.74, 6) is -2.12. The molecule has 0 N–H and O–H groups in total. The number of amides is 3. The maximum Gasteiger partial charge on any atom is 0.410 e. The molecule has 1 aromatic heterocycles. The van der Waals surface area contributed by atoms with Crippen LogP contribution in [0, 0.1) is 0 Å². The summed E-state index contributed by atoms with van der Waals surface area (Å²) < 4.78 is 7.19. The normalized spacial score (nSPS) is 16.8. The quantitative estimate of drug-likeness (QED) is 0.680. The number of piperidine rings is 1. The lowest BCUT2D eigenvalue weighted by atomic mass is 10.0. The van der Waals surface area contributed by atoms with Crippen LogP contribution in [0.3, 0.4) is 0 Å². The number of hydrogen-bond donors (Lipinski definition) is 0. The number of rotatable bonds is 3. The van der Waals surface area contributed by atoms with Crippen molar-refractivity contribution in [1.82, 2.24) is 14.5 Å². The van der Waals surface area contributed by atoms with Gasteiger partial charge in [0.2, 0.25) is 0 Å². The van der Waals surface area contributed by atoms with Crippen LogP contribution < -0.4 is 0 Å². The molecule has 0 aliphatic carbocycles. The Morgan fingerprint density at radius 3 is 2.09 bits per heavy atom. The van der Waals surface area contributed by atoms with Crippen LogP contribution in [-0.4, -0.2) is 57.1 Å². The number of hydroxylamine groups is 2. The van der Waals surface area contributed by atoms with Gasteiger partial charge in [0.05, 0.1) is 11.1 Å². The number of likely N-dealkylation sites (tertiary alicyclic amines) is 1. The number of hydrogen-bond acceptors (Lipinski definition) is 6. The van der Waals surface area contributed by atoms with Crippen LogP contribution in [0.25, 0.3) is 0 Å². The van der Waals surface area contributed by atoms with Crippen LogP contribution >= 0.6 is 0 Å². The predicted molar refractivity (Wildman–Crippen MR) is 113 cm³/mol. The predicted octanol–water partition coefficient (Wildman–Crippen LogP) is 3.43. The van der Waals surface area contributed by atoms with Crippen LogP contribution in [0.5, 0.6) is 0 Å². The van der Waals surface area contributed by atoms with E-state index in [2.05, 4.69) is 0 Å². The van der Waals surface area contributed by atoms with Gasteiger partial charge in [-0.3, -0.25) is 9.59 Å². The van der Waals surface area contributed by atoms with Crippen molar-refractivity contribution in [3.63, 3.8) is 0 Å². The molecular weight excluding hydrogens is 414 g/mol. The molecule has 2 aliphatic rings. The van der Waals surface area contributed by atoms with E-state index in [1.165, 1.54) is 12.1 Å². The number of carbonyl (C=O) groups excluding carboxylic acids is 4. The lowest BCUT2D eigenvalue weighted by Gasteiger charge is -2.34. The van der Waals surface area contributed by atoms with Crippen molar-refractivity contribution < 1.29 is 28.8 Å². The summed E-state index contributed by atoms with van der Waals surface area (Å²) in [6, 6.07) is 9.58. The smallest absolute Gasteiger partial charge is 0.410 e. The maximum atomic E-state index is 12.8. The third kappa shape index (κ3) is 4.10. The van der Waals surface area contributed by atoms with Crippen molar-refractivity contribution >= 4 is 23.9 Å². The summed E-state index contributed by atoms with van der Waals surface area (Å²) in [5.41, 5.74) is 0.0812. The summed E-state index contributed by atoms with van der Waals surface area (Å²) in [7, 11) is 0. The van der Waals surface area contributed by atoms with Crippen molar-refractivity contribution in [3.8, 4) is 0 Å². The first kappa shape index (κ1) is 21.6. The first-order valence-corrected chi connectivity index (χ1v) is 10.5. The average Bonchev–Trinajstić information content (AvgIpc) is 3.33. The van der Waals surface area contributed by atoms with E-state index in [4.69, 9.17) is 9.57 Å². The molecule has 1 aromatic carbocycles. The van der Waals surface area contributed by atoms with E-state index in [9.17, 15) is 19.2 Å². The van der Waals surface area contributed by atoms with Gasteiger partial charge in [-0.25, -0.2) is 9.59 Å². The zero-order chi connectivity index (χ0) is 23.0. The standard InChI is InChI=1S/C23H25N3O6/c1-23(2,3)31-22(30)24-13-10-15(11-14-24)25-12-6-9-18(25)21(29)32-26-19(27)16-7-4-5-8-17(16)20(26)28/h4-9,12,15H,10-11,13-14H2,1-3H3. The highest BCUT2D eigenvalue weighted by Gasteiger charge is 2.39. The first-order chi connectivity index (χ1) is 15.2. The molecule has 3 amide bonds. The molecule has 1 saturated heterocycles. The van der Waals surface area contributed by atoms with Gasteiger partial charge in [0, 0.05) is 25.3 Å². The van der Waals surface area contributed by atoms with Crippen molar-refractivity contribution in [2.45, 2.75) is 45.3 Å². The SMILES string of the molecule is CC(C)(C)OC(=O)N1CCC(n2cccc2C(=O)ON2C(=O)c3ccccc3C2=O)CC1. The lowest BCUT2D eigenvalue weighted by molar-refractivity contribution is -0.0593. The van der Waals surface area contributed by atoms with Gasteiger partial charge in [0.1, 0.15) is 11.3 Å². The van der Waals surface area contributed by atoms with Gasteiger partial charge in [0.25, 0.3) is 11.8 Å². The molecule has 168 valence electrons. The number of aromatic nitrogens is 1. The van der Waals surface area contributed by atoms with E-state index in [-0.39, 0.29) is 29.0 Å². The molecule has 9 heteroatoms. The number of ether oxygens (including phenoxy) is 1. The Labute approximate surface area is 185 Å². The fraction of sp³-hybridized carbons (Fsp3) is 0.391. The highest BCUT2D eigenvalue weighted by molar-refractivity contribution is 6.21. The van der Waals surface area contributed by atoms with E-state index in [0.29, 0.717) is 31.0 Å². The van der Waals surface area contributed by atoms with Gasteiger partial charge in [-0.1, -0.05) is 17.2 Å². The molecule has 0 unspecified atom stereocenters. The van der Waals surface area contributed by atoms with Gasteiger partial charge in [-0.05, 0) is 57.9 Å². The molecule has 0 atom stereocenters. The number of imide groups is 1. The van der Waals surface area contributed by atoms with Gasteiger partial charge in [0.15, 0.2) is 0 Å². The molecule has 2 aliphatic heterocycles. The van der Waals surface area contributed by atoms with E-state index >= 15 is 0 Å². The van der Waals surface area contributed by atoms with Crippen LogP contribution in [0.15, 0.2) is 42.6 Å². The van der Waals surface area contributed by atoms with E-state index in [1.807, 2.05) is 20.8 Å². The maximum absolute atomic E-state index is 12.8. The zero-order valence-corrected chi connectivity index (χ0v) is 18.2. The van der Waals surface area contributed by atoms with Crippen LogP contribution in [-0.2, 0) is 9.57 Å².